The molecule has 0 fully saturated rings. The number of benzene rings is 5. The topological polar surface area (TPSA) is 107 Å². The van der Waals surface area contributed by atoms with Crippen molar-refractivity contribution in [2.24, 2.45) is 0 Å². The van der Waals surface area contributed by atoms with Gasteiger partial charge in [0.1, 0.15) is 0 Å². The van der Waals surface area contributed by atoms with Crippen molar-refractivity contribution in [3.05, 3.63) is 156 Å². The van der Waals surface area contributed by atoms with Gasteiger partial charge in [-0.2, -0.15) is 8.42 Å². The number of hydrogen-bond acceptors (Lipinski definition) is 6. The normalized spacial score (nSPS) is 11.4. The van der Waals surface area contributed by atoms with Crippen LogP contribution in [-0.2, 0) is 25.8 Å². The number of esters is 2. The zero-order chi connectivity index (χ0) is 31.6. The molecule has 0 aliphatic rings. The fourth-order valence-electron chi connectivity index (χ4n) is 5.10. The fourth-order valence-corrected chi connectivity index (χ4v) is 10.4. The number of hydrogen-bond donors (Lipinski definition) is 1. The number of carbonyl (C=O) groups excluding carboxylic acids is 2. The van der Waals surface area contributed by atoms with Gasteiger partial charge in [0.15, 0.2) is 0 Å². The average Bonchev–Trinajstić information content (AvgIpc) is 3.07. The summed E-state index contributed by atoms with van der Waals surface area (Å²) in [6.45, 7) is 0. The van der Waals surface area contributed by atoms with Crippen molar-refractivity contribution >= 4 is 45.2 Å². The van der Waals surface area contributed by atoms with E-state index in [1.54, 1.807) is 0 Å². The van der Waals surface area contributed by atoms with E-state index in [1.807, 2.05) is 0 Å². The van der Waals surface area contributed by atoms with Gasteiger partial charge in [0.2, 0.25) is 0 Å². The molecule has 7 nitrogen and oxygen atoms in total. The molecule has 0 radical (unpaired) electrons. The van der Waals surface area contributed by atoms with Crippen LogP contribution in [0.5, 0.6) is 0 Å². The molecule has 44 heavy (non-hydrogen) atoms. The van der Waals surface area contributed by atoms with Gasteiger partial charge in [0.05, 0.1) is 30.2 Å². The molecular weight excluding hydrogens is 595 g/mol. The molecule has 0 aromatic heterocycles. The molecule has 0 saturated carbocycles. The molecule has 0 atom stereocenters. The van der Waals surface area contributed by atoms with Gasteiger partial charge in [0, 0.05) is 0 Å². The van der Waals surface area contributed by atoms with Crippen LogP contribution in [0.2, 0.25) is 0 Å². The number of methoxy groups -OCH3 is 2. The first-order chi connectivity index (χ1) is 21.2. The zero-order valence-corrected chi connectivity index (χ0v) is 26.1. The van der Waals surface area contributed by atoms with Crippen molar-refractivity contribution in [2.45, 2.75) is 11.1 Å². The Morgan fingerprint density at radius 3 is 1.25 bits per heavy atom. The van der Waals surface area contributed by atoms with Crippen LogP contribution in [0.25, 0.3) is 0 Å². The molecule has 0 unspecified atom stereocenters. The summed E-state index contributed by atoms with van der Waals surface area (Å²) in [7, 11) is -4.52. The summed E-state index contributed by atoms with van der Waals surface area (Å²) in [5.74, 6) is -1.68. The predicted octanol–water partition coefficient (Wildman–Crippen LogP) is 5.42. The Morgan fingerprint density at radius 2 is 0.932 bits per heavy atom. The van der Waals surface area contributed by atoms with E-state index in [0.717, 1.165) is 38.6 Å². The number of ether oxygens (including phenoxy) is 2. The zero-order valence-electron chi connectivity index (χ0n) is 24.3. The Hall–Kier alpha value is -4.62. The maximum atomic E-state index is 11.3. The van der Waals surface area contributed by atoms with Crippen molar-refractivity contribution in [3.63, 3.8) is 0 Å². The Bertz CT molecular complexity index is 1670. The minimum absolute atomic E-state index is 0.187. The molecule has 5 aromatic rings. The molecule has 1 N–H and O–H groups in total. The molecular formula is C35H33O7PS. The van der Waals surface area contributed by atoms with Crippen LogP contribution < -0.4 is 15.9 Å². The van der Waals surface area contributed by atoms with Crippen LogP contribution in [0.4, 0.5) is 0 Å². The van der Waals surface area contributed by atoms with Crippen molar-refractivity contribution < 1.29 is 32.0 Å². The van der Waals surface area contributed by atoms with Crippen LogP contribution in [0.3, 0.4) is 0 Å². The van der Waals surface area contributed by atoms with E-state index < -0.39 is 34.2 Å². The number of rotatable bonds is 8. The van der Waals surface area contributed by atoms with E-state index in [4.69, 9.17) is 4.55 Å². The first-order valence-corrected chi connectivity index (χ1v) is 17.3. The molecule has 9 heteroatoms. The van der Waals surface area contributed by atoms with E-state index in [1.165, 1.54) is 21.5 Å². The molecule has 0 aliphatic carbocycles. The van der Waals surface area contributed by atoms with Crippen molar-refractivity contribution in [1.82, 2.24) is 0 Å². The fraction of sp³-hybridized carbons (Fsp3) is 0.0857. The van der Waals surface area contributed by atoms with Crippen LogP contribution in [0.15, 0.2) is 144 Å². The standard InChI is InChI=1S/C25H23P.C10H10O7S/c1-5-13-22(14-6-1)21-26(23-15-7-2-8-16-23,24-17-9-3-10-18-24)25-19-11-4-12-20-25;1-16-9(11)6-3-7(10(12)17-2)5-8(4-6)18(13,14)15/h1-20,26H,21H2;3-5H,1-2H3,(H,13,14,15). The van der Waals surface area contributed by atoms with Crippen LogP contribution in [-0.4, -0.2) is 39.1 Å². The minimum atomic E-state index is -4.55. The third-order valence-electron chi connectivity index (χ3n) is 7.16. The average molecular weight is 629 g/mol. The molecule has 0 aliphatic heterocycles. The van der Waals surface area contributed by atoms with Gasteiger partial charge in [-0.25, -0.2) is 9.59 Å². The Kier molecular flexibility index (Phi) is 10.8. The number of carbonyl (C=O) groups is 2. The van der Waals surface area contributed by atoms with Gasteiger partial charge in [-0.3, -0.25) is 4.55 Å². The van der Waals surface area contributed by atoms with Crippen molar-refractivity contribution in [1.29, 1.82) is 0 Å². The quantitative estimate of drug-likeness (QED) is 0.139. The monoisotopic (exact) mass is 628 g/mol. The van der Waals surface area contributed by atoms with E-state index in [0.29, 0.717) is 0 Å². The first-order valence-electron chi connectivity index (χ1n) is 13.7. The second-order valence-electron chi connectivity index (χ2n) is 9.87. The van der Waals surface area contributed by atoms with E-state index in [-0.39, 0.29) is 11.1 Å². The van der Waals surface area contributed by atoms with Gasteiger partial charge in [-0.05, 0) is 18.2 Å². The molecule has 226 valence electrons. The summed E-state index contributed by atoms with van der Waals surface area (Å²) < 4.78 is 39.7. The van der Waals surface area contributed by atoms with Crippen LogP contribution in [0, 0.1) is 0 Å². The first kappa shape index (κ1) is 32.3. The SMILES string of the molecule is COC(=O)c1cc(C(=O)OC)cc(S(=O)(=O)O)c1.c1ccc(C[PH](c2ccccc2)(c2ccccc2)c2ccccc2)cc1. The summed E-state index contributed by atoms with van der Waals surface area (Å²) >= 11 is 0. The third kappa shape index (κ3) is 7.66. The van der Waals surface area contributed by atoms with Gasteiger partial charge < -0.3 is 9.47 Å². The van der Waals surface area contributed by atoms with Gasteiger partial charge in [-0.15, -0.1) is 0 Å². The Balaban J connectivity index is 0.000000217. The van der Waals surface area contributed by atoms with Crippen molar-refractivity contribution in [2.75, 3.05) is 14.2 Å². The summed E-state index contributed by atoms with van der Waals surface area (Å²) in [5, 5.41) is 4.38. The van der Waals surface area contributed by atoms with Crippen LogP contribution >= 0.6 is 7.26 Å². The maximum absolute atomic E-state index is 11.3. The van der Waals surface area contributed by atoms with Gasteiger partial charge >= 0.3 is 168 Å². The summed E-state index contributed by atoms with van der Waals surface area (Å²) in [5.41, 5.74) is 1.02. The van der Waals surface area contributed by atoms with Gasteiger partial charge in [0.25, 0.3) is 10.1 Å². The molecule has 0 saturated heterocycles. The van der Waals surface area contributed by atoms with Gasteiger partial charge in [-0.1, -0.05) is 0 Å². The predicted molar refractivity (Wildman–Crippen MR) is 176 cm³/mol. The van der Waals surface area contributed by atoms with E-state index in [9.17, 15) is 18.0 Å². The summed E-state index contributed by atoms with van der Waals surface area (Å²) in [6, 6.07) is 47.1. The molecule has 0 bridgehead atoms. The van der Waals surface area contributed by atoms with Crippen LogP contribution in [0.1, 0.15) is 26.3 Å². The molecule has 0 amide bonds. The van der Waals surface area contributed by atoms with E-state index in [2.05, 4.69) is 131 Å². The Morgan fingerprint density at radius 1 is 0.591 bits per heavy atom. The molecule has 5 rings (SSSR count). The molecule has 5 aromatic carbocycles. The van der Waals surface area contributed by atoms with E-state index >= 15 is 0 Å². The second kappa shape index (κ2) is 14.7. The summed E-state index contributed by atoms with van der Waals surface area (Å²) in [4.78, 5) is 22.0. The third-order valence-corrected chi connectivity index (χ3v) is 12.9. The van der Waals surface area contributed by atoms with Crippen molar-refractivity contribution in [3.8, 4) is 0 Å². The Labute approximate surface area is 258 Å². The second-order valence-corrected chi connectivity index (χ2v) is 15.2. The molecule has 0 spiro atoms. The summed E-state index contributed by atoms with van der Waals surface area (Å²) in [6.07, 6.45) is 1.06. The molecule has 0 heterocycles.